The van der Waals surface area contributed by atoms with Gasteiger partial charge in [-0.2, -0.15) is 0 Å². The van der Waals surface area contributed by atoms with Crippen molar-refractivity contribution in [2.24, 2.45) is 5.92 Å². The van der Waals surface area contributed by atoms with Crippen molar-refractivity contribution in [3.8, 4) is 0 Å². The highest BCUT2D eigenvalue weighted by atomic mass is 35.5. The lowest BCUT2D eigenvalue weighted by atomic mass is 9.64. The summed E-state index contributed by atoms with van der Waals surface area (Å²) in [5.74, 6) is -1.75. The Kier molecular flexibility index (Phi) is 6.00. The molecule has 0 bridgehead atoms. The van der Waals surface area contributed by atoms with E-state index in [2.05, 4.69) is 17.5 Å². The molecule has 208 valence electrons. The number of carbonyl (C=O) groups excluding carboxylic acids is 3. The maximum absolute atomic E-state index is 14.8. The highest BCUT2D eigenvalue weighted by molar-refractivity contribution is 6.30. The fourth-order valence-electron chi connectivity index (χ4n) is 7.23. The molecular weight excluding hydrogens is 544 g/mol. The van der Waals surface area contributed by atoms with E-state index in [4.69, 9.17) is 11.6 Å². The average molecular weight is 573 g/mol. The van der Waals surface area contributed by atoms with E-state index >= 15 is 0 Å². The number of rotatable bonds is 4. The molecule has 0 aromatic heterocycles. The molecule has 1 fully saturated rings. The number of nitrogens with one attached hydrogen (secondary N) is 1. The number of ketones is 2. The molecule has 1 N–H and O–H groups in total. The van der Waals surface area contributed by atoms with E-state index in [0.717, 1.165) is 33.5 Å². The molecule has 42 heavy (non-hydrogen) atoms. The van der Waals surface area contributed by atoms with Gasteiger partial charge in [-0.25, -0.2) is 0 Å². The molecule has 1 spiro atoms. The lowest BCUT2D eigenvalue weighted by molar-refractivity contribution is -0.121. The largest absolute Gasteiger partial charge is 0.352 e. The maximum Gasteiger partial charge on any atom is 0.238 e. The van der Waals surface area contributed by atoms with E-state index in [9.17, 15) is 14.4 Å². The first-order valence-corrected chi connectivity index (χ1v) is 14.5. The summed E-state index contributed by atoms with van der Waals surface area (Å²) in [7, 11) is 0. The van der Waals surface area contributed by atoms with Crippen LogP contribution in [-0.2, 0) is 10.2 Å². The number of para-hydroxylation sites is 1. The van der Waals surface area contributed by atoms with Crippen LogP contribution in [0, 0.1) is 19.8 Å². The smallest absolute Gasteiger partial charge is 0.238 e. The minimum atomic E-state index is -1.35. The fourth-order valence-corrected chi connectivity index (χ4v) is 7.35. The van der Waals surface area contributed by atoms with Crippen LogP contribution in [0.25, 0.3) is 5.57 Å². The Morgan fingerprint density at radius 1 is 0.810 bits per heavy atom. The Hall–Kier alpha value is -4.48. The van der Waals surface area contributed by atoms with Gasteiger partial charge >= 0.3 is 0 Å². The van der Waals surface area contributed by atoms with Crippen LogP contribution < -0.4 is 10.2 Å². The monoisotopic (exact) mass is 572 g/mol. The zero-order valence-electron chi connectivity index (χ0n) is 23.5. The normalized spacial score (nSPS) is 23.6. The van der Waals surface area contributed by atoms with Crippen molar-refractivity contribution in [2.45, 2.75) is 38.3 Å². The van der Waals surface area contributed by atoms with E-state index < -0.39 is 23.4 Å². The first-order valence-electron chi connectivity index (χ1n) is 14.1. The van der Waals surface area contributed by atoms with E-state index in [0.29, 0.717) is 21.8 Å². The van der Waals surface area contributed by atoms with Crippen molar-refractivity contribution in [3.63, 3.8) is 0 Å². The zero-order valence-corrected chi connectivity index (χ0v) is 24.3. The molecule has 3 aliphatic rings. The molecule has 0 radical (unpaired) electrons. The summed E-state index contributed by atoms with van der Waals surface area (Å²) >= 11 is 6.20. The number of benzene rings is 4. The second-order valence-corrected chi connectivity index (χ2v) is 12.1. The number of nitrogens with zero attached hydrogens (tertiary/aromatic N) is 1. The van der Waals surface area contributed by atoms with Gasteiger partial charge < -0.3 is 10.2 Å². The second-order valence-electron chi connectivity index (χ2n) is 11.6. The topological polar surface area (TPSA) is 66.5 Å². The molecule has 0 aliphatic carbocycles. The number of hydrogen-bond acceptors (Lipinski definition) is 4. The van der Waals surface area contributed by atoms with Gasteiger partial charge in [0.2, 0.25) is 5.91 Å². The highest BCUT2D eigenvalue weighted by Crippen LogP contribution is 2.59. The predicted octanol–water partition coefficient (Wildman–Crippen LogP) is 7.20. The summed E-state index contributed by atoms with van der Waals surface area (Å²) in [6, 6.07) is 26.3. The van der Waals surface area contributed by atoms with Gasteiger partial charge in [0, 0.05) is 33.1 Å². The first-order chi connectivity index (χ1) is 20.2. The SMILES string of the molecule is CC1=C[C@@H]2N(c3ccc(C)cc31)[C@H](C(=O)c1ccc(C)cc1)[C@H](C(=O)c1ccc(Cl)cc1)[C@]21C(=O)Nc2ccccc21. The molecule has 1 amide bonds. The Labute approximate surface area is 249 Å². The van der Waals surface area contributed by atoms with Crippen molar-refractivity contribution in [2.75, 3.05) is 10.2 Å². The molecule has 1 saturated heterocycles. The Balaban J connectivity index is 1.55. The van der Waals surface area contributed by atoms with Crippen LogP contribution in [0.5, 0.6) is 0 Å². The third kappa shape index (κ3) is 3.66. The van der Waals surface area contributed by atoms with Gasteiger partial charge in [-0.05, 0) is 74.4 Å². The highest BCUT2D eigenvalue weighted by Gasteiger charge is 2.70. The maximum atomic E-state index is 14.8. The van der Waals surface area contributed by atoms with Crippen LogP contribution in [-0.4, -0.2) is 29.6 Å². The number of hydrogen-bond donors (Lipinski definition) is 1. The molecule has 4 aromatic rings. The predicted molar refractivity (Wildman–Crippen MR) is 166 cm³/mol. The van der Waals surface area contributed by atoms with Gasteiger partial charge in [-0.1, -0.05) is 77.3 Å². The number of fused-ring (bicyclic) bond motifs is 6. The number of Topliss-reactive ketones (excluding diaryl/α,β-unsaturated/α-hetero) is 2. The number of amides is 1. The summed E-state index contributed by atoms with van der Waals surface area (Å²) in [6.45, 7) is 6.04. The van der Waals surface area contributed by atoms with Crippen LogP contribution in [0.1, 0.15) is 49.9 Å². The third-order valence-electron chi connectivity index (χ3n) is 9.15. The third-order valence-corrected chi connectivity index (χ3v) is 9.40. The molecule has 7 rings (SSSR count). The molecule has 4 atom stereocenters. The van der Waals surface area contributed by atoms with Crippen LogP contribution >= 0.6 is 11.6 Å². The van der Waals surface area contributed by atoms with Gasteiger partial charge in [0.05, 0.1) is 12.0 Å². The van der Waals surface area contributed by atoms with Crippen molar-refractivity contribution < 1.29 is 14.4 Å². The summed E-state index contributed by atoms with van der Waals surface area (Å²) in [6.07, 6.45) is 2.08. The molecular formula is C36H29ClN2O3. The first kappa shape index (κ1) is 26.4. The summed E-state index contributed by atoms with van der Waals surface area (Å²) < 4.78 is 0. The van der Waals surface area contributed by atoms with Crippen LogP contribution in [0.3, 0.4) is 0 Å². The van der Waals surface area contributed by atoms with Crippen LogP contribution in [0.4, 0.5) is 11.4 Å². The van der Waals surface area contributed by atoms with Gasteiger partial charge in [0.1, 0.15) is 11.5 Å². The summed E-state index contributed by atoms with van der Waals surface area (Å²) in [5.41, 5.74) is 5.94. The Morgan fingerprint density at radius 3 is 2.19 bits per heavy atom. The van der Waals surface area contributed by atoms with Crippen molar-refractivity contribution in [1.29, 1.82) is 0 Å². The molecule has 0 saturated carbocycles. The zero-order chi connectivity index (χ0) is 29.3. The number of allylic oxidation sites excluding steroid dienone is 1. The van der Waals surface area contributed by atoms with E-state index in [1.165, 1.54) is 0 Å². The molecule has 4 aromatic carbocycles. The van der Waals surface area contributed by atoms with Crippen LogP contribution in [0.2, 0.25) is 5.02 Å². The van der Waals surface area contributed by atoms with E-state index in [-0.39, 0.29) is 17.5 Å². The lowest BCUT2D eigenvalue weighted by Gasteiger charge is -2.39. The quantitative estimate of drug-likeness (QED) is 0.263. The van der Waals surface area contributed by atoms with E-state index in [1.54, 1.807) is 24.3 Å². The molecule has 3 heterocycles. The lowest BCUT2D eigenvalue weighted by Crippen LogP contribution is -2.51. The van der Waals surface area contributed by atoms with Crippen molar-refractivity contribution in [3.05, 3.63) is 135 Å². The van der Waals surface area contributed by atoms with Gasteiger partial charge in [0.15, 0.2) is 11.6 Å². The Bertz CT molecular complexity index is 1830. The van der Waals surface area contributed by atoms with E-state index in [1.807, 2.05) is 86.3 Å². The Morgan fingerprint density at radius 2 is 1.45 bits per heavy atom. The molecule has 6 heteroatoms. The number of carbonyl (C=O) groups is 3. The minimum Gasteiger partial charge on any atom is -0.352 e. The van der Waals surface area contributed by atoms with Gasteiger partial charge in [-0.3, -0.25) is 14.4 Å². The van der Waals surface area contributed by atoms with Crippen molar-refractivity contribution >= 4 is 46.0 Å². The number of anilines is 2. The minimum absolute atomic E-state index is 0.194. The molecule has 0 unspecified atom stereocenters. The van der Waals surface area contributed by atoms with Gasteiger partial charge in [0.25, 0.3) is 0 Å². The standard InChI is InChI=1S/C36H29ClN2O3/c1-20-8-11-24(12-9-20)34(41)32-31(33(40)23-13-15-25(37)16-14-23)36(27-6-4-5-7-28(27)38-35(36)42)30-19-22(3)26-18-21(2)10-17-29(26)39(30)32/h4-19,30-32H,1-3H3,(H,38,42)/t30-,31+,32-,36+/m0/s1. The van der Waals surface area contributed by atoms with Crippen LogP contribution in [0.15, 0.2) is 97.1 Å². The summed E-state index contributed by atoms with van der Waals surface area (Å²) in [5, 5.41) is 3.59. The average Bonchev–Trinajstić information content (AvgIpc) is 3.45. The number of halogens is 1. The van der Waals surface area contributed by atoms with Gasteiger partial charge in [-0.15, -0.1) is 0 Å². The summed E-state index contributed by atoms with van der Waals surface area (Å²) in [4.78, 5) is 46.1. The molecule has 5 nitrogen and oxygen atoms in total. The molecule has 3 aliphatic heterocycles. The van der Waals surface area contributed by atoms with Crippen molar-refractivity contribution in [1.82, 2.24) is 0 Å². The number of aryl methyl sites for hydroxylation is 2. The fraction of sp³-hybridized carbons (Fsp3) is 0.194. The second kappa shape index (κ2) is 9.53.